The van der Waals surface area contributed by atoms with Crippen molar-refractivity contribution in [2.45, 2.75) is 37.8 Å². The second-order valence-electron chi connectivity index (χ2n) is 9.33. The molecule has 7 nitrogen and oxygen atoms in total. The van der Waals surface area contributed by atoms with E-state index in [0.29, 0.717) is 30.6 Å². The maximum atomic E-state index is 13.9. The molecule has 2 aromatic rings. The Bertz CT molecular complexity index is 1030. The fraction of sp³-hybridized carbons (Fsp3) is 0.500. The van der Waals surface area contributed by atoms with Crippen molar-refractivity contribution in [3.05, 3.63) is 58.5 Å². The zero-order chi connectivity index (χ0) is 23.5. The van der Waals surface area contributed by atoms with E-state index in [-0.39, 0.29) is 11.9 Å². The normalized spacial score (nSPS) is 19.5. The number of aromatic nitrogens is 2. The van der Waals surface area contributed by atoms with Crippen molar-refractivity contribution >= 4 is 29.4 Å². The van der Waals surface area contributed by atoms with Gasteiger partial charge in [0.1, 0.15) is 12.1 Å². The van der Waals surface area contributed by atoms with Crippen LogP contribution < -0.4 is 4.90 Å². The molecule has 34 heavy (non-hydrogen) atoms. The Morgan fingerprint density at radius 2 is 1.88 bits per heavy atom. The Morgan fingerprint density at radius 1 is 1.15 bits per heavy atom. The summed E-state index contributed by atoms with van der Waals surface area (Å²) < 4.78 is 5.57. The Kier molecular flexibility index (Phi) is 7.13. The largest absolute Gasteiger partial charge is 0.381 e. The van der Waals surface area contributed by atoms with Crippen LogP contribution in [0.3, 0.4) is 0 Å². The lowest BCUT2D eigenvalue weighted by molar-refractivity contribution is -0.138. The molecule has 0 saturated carbocycles. The molecule has 1 aliphatic carbocycles. The van der Waals surface area contributed by atoms with E-state index >= 15 is 0 Å². The molecule has 3 aliphatic rings. The molecule has 8 heteroatoms. The molecule has 1 amide bonds. The first-order valence-corrected chi connectivity index (χ1v) is 12.6. The van der Waals surface area contributed by atoms with Gasteiger partial charge in [0.05, 0.1) is 11.7 Å². The summed E-state index contributed by atoms with van der Waals surface area (Å²) in [5.41, 5.74) is 3.34. The summed E-state index contributed by atoms with van der Waals surface area (Å²) in [6, 6.07) is 8.01. The zero-order valence-corrected chi connectivity index (χ0v) is 20.5. The molecular weight excluding hydrogens is 450 g/mol. The fourth-order valence-corrected chi connectivity index (χ4v) is 5.37. The lowest BCUT2D eigenvalue weighted by Gasteiger charge is -2.41. The number of nitrogens with zero attached hydrogens (tertiary/aromatic N) is 5. The van der Waals surface area contributed by atoms with Crippen LogP contribution in [0.5, 0.6) is 0 Å². The minimum atomic E-state index is -0.206. The van der Waals surface area contributed by atoms with Gasteiger partial charge >= 0.3 is 0 Å². The number of amides is 1. The van der Waals surface area contributed by atoms with Crippen molar-refractivity contribution in [1.82, 2.24) is 19.8 Å². The molecule has 0 radical (unpaired) electrons. The van der Waals surface area contributed by atoms with Crippen molar-refractivity contribution < 1.29 is 9.53 Å². The number of carbonyl (C=O) groups excluding carboxylic acids is 1. The number of benzene rings is 1. The number of fused-ring (bicyclic) bond motifs is 1. The summed E-state index contributed by atoms with van der Waals surface area (Å²) in [5, 5.41) is 0.714. The SMILES string of the molecule is CN(C1CCOCC1)[C@H](Cc1ccc(Cl)cc1)C(=O)N1CCN(c2ncnc3c2C=CC3)CC1. The second kappa shape index (κ2) is 10.4. The van der Waals surface area contributed by atoms with E-state index in [4.69, 9.17) is 16.3 Å². The van der Waals surface area contributed by atoms with Crippen LogP contribution in [0.15, 0.2) is 36.7 Å². The van der Waals surface area contributed by atoms with E-state index in [1.54, 1.807) is 6.33 Å². The van der Waals surface area contributed by atoms with Gasteiger partial charge < -0.3 is 14.5 Å². The molecule has 0 spiro atoms. The maximum Gasteiger partial charge on any atom is 0.240 e. The standard InChI is InChI=1S/C26H32ClN5O2/c1-30(21-9-15-34-16-10-21)24(17-19-5-7-20(27)8-6-19)26(33)32-13-11-31(12-14-32)25-22-3-2-4-23(22)28-18-29-25/h2-3,5-8,18,21,24H,4,9-17H2,1H3/t24-/m1/s1. The van der Waals surface area contributed by atoms with Gasteiger partial charge in [-0.1, -0.05) is 35.9 Å². The molecule has 0 bridgehead atoms. The summed E-state index contributed by atoms with van der Waals surface area (Å²) in [5.74, 6) is 1.19. The van der Waals surface area contributed by atoms with Gasteiger partial charge in [-0.05, 0) is 44.0 Å². The highest BCUT2D eigenvalue weighted by molar-refractivity contribution is 6.30. The molecule has 1 aromatic heterocycles. The minimum Gasteiger partial charge on any atom is -0.381 e. The molecule has 180 valence electrons. The summed E-state index contributed by atoms with van der Waals surface area (Å²) in [7, 11) is 2.10. The number of piperazine rings is 1. The van der Waals surface area contributed by atoms with Crippen LogP contribution in [-0.4, -0.2) is 84.2 Å². The van der Waals surface area contributed by atoms with E-state index in [2.05, 4.69) is 39.0 Å². The predicted octanol–water partition coefficient (Wildman–Crippen LogP) is 3.07. The smallest absolute Gasteiger partial charge is 0.240 e. The molecule has 0 N–H and O–H groups in total. The molecule has 0 unspecified atom stereocenters. The van der Waals surface area contributed by atoms with Gasteiger partial charge in [0.25, 0.3) is 0 Å². The molecule has 2 fully saturated rings. The van der Waals surface area contributed by atoms with Crippen LogP contribution in [0.1, 0.15) is 29.7 Å². The van der Waals surface area contributed by atoms with Crippen LogP contribution >= 0.6 is 11.6 Å². The highest BCUT2D eigenvalue weighted by Gasteiger charge is 2.34. The molecule has 2 aliphatic heterocycles. The Hall–Kier alpha value is -2.48. The summed E-state index contributed by atoms with van der Waals surface area (Å²) in [4.78, 5) is 29.4. The number of halogens is 1. The molecule has 5 rings (SSSR count). The minimum absolute atomic E-state index is 0.205. The number of hydrogen-bond acceptors (Lipinski definition) is 6. The van der Waals surface area contributed by atoms with Crippen molar-refractivity contribution in [1.29, 1.82) is 0 Å². The van der Waals surface area contributed by atoms with E-state index in [9.17, 15) is 4.79 Å². The van der Waals surface area contributed by atoms with Crippen molar-refractivity contribution in [2.24, 2.45) is 0 Å². The number of hydrogen-bond donors (Lipinski definition) is 0. The van der Waals surface area contributed by atoms with E-state index in [1.807, 2.05) is 29.2 Å². The first kappa shape index (κ1) is 23.3. The third-order valence-electron chi connectivity index (χ3n) is 7.32. The molecule has 1 aromatic carbocycles. The van der Waals surface area contributed by atoms with Gasteiger partial charge in [0.15, 0.2) is 0 Å². The zero-order valence-electron chi connectivity index (χ0n) is 19.7. The summed E-state index contributed by atoms with van der Waals surface area (Å²) in [6.07, 6.45) is 9.37. The Balaban J connectivity index is 1.29. The van der Waals surface area contributed by atoms with Crippen LogP contribution in [0.2, 0.25) is 5.02 Å². The van der Waals surface area contributed by atoms with Crippen LogP contribution in [0, 0.1) is 0 Å². The van der Waals surface area contributed by atoms with Crippen molar-refractivity contribution in [3.8, 4) is 0 Å². The average Bonchev–Trinajstić information content (AvgIpc) is 3.37. The Morgan fingerprint density at radius 3 is 2.62 bits per heavy atom. The highest BCUT2D eigenvalue weighted by Crippen LogP contribution is 2.27. The Labute approximate surface area is 206 Å². The number of ether oxygens (including phenoxy) is 1. The van der Waals surface area contributed by atoms with E-state index in [0.717, 1.165) is 68.2 Å². The topological polar surface area (TPSA) is 61.8 Å². The molecule has 1 atom stereocenters. The number of carbonyl (C=O) groups is 1. The quantitative estimate of drug-likeness (QED) is 0.632. The van der Waals surface area contributed by atoms with Gasteiger partial charge in [0.2, 0.25) is 5.91 Å². The lowest BCUT2D eigenvalue weighted by Crippen LogP contribution is -2.57. The maximum absolute atomic E-state index is 13.9. The van der Waals surface area contributed by atoms with Crippen molar-refractivity contribution in [3.63, 3.8) is 0 Å². The van der Waals surface area contributed by atoms with Gasteiger partial charge in [-0.3, -0.25) is 9.69 Å². The third kappa shape index (κ3) is 4.97. The number of allylic oxidation sites excluding steroid dienone is 1. The van der Waals surface area contributed by atoms with Gasteiger partial charge in [-0.25, -0.2) is 9.97 Å². The average molecular weight is 482 g/mol. The van der Waals surface area contributed by atoms with Crippen LogP contribution in [0.25, 0.3) is 6.08 Å². The number of likely N-dealkylation sites (N-methyl/N-ethyl adjacent to an activating group) is 1. The van der Waals surface area contributed by atoms with E-state index < -0.39 is 0 Å². The molecule has 2 saturated heterocycles. The summed E-state index contributed by atoms with van der Waals surface area (Å²) in [6.45, 7) is 4.45. The highest BCUT2D eigenvalue weighted by atomic mass is 35.5. The first-order valence-electron chi connectivity index (χ1n) is 12.2. The van der Waals surface area contributed by atoms with Gasteiger partial charge in [-0.15, -0.1) is 0 Å². The third-order valence-corrected chi connectivity index (χ3v) is 7.57. The number of rotatable bonds is 6. The molecular formula is C26H32ClN5O2. The predicted molar refractivity (Wildman–Crippen MR) is 134 cm³/mol. The van der Waals surface area contributed by atoms with Gasteiger partial charge in [-0.2, -0.15) is 0 Å². The lowest BCUT2D eigenvalue weighted by atomic mass is 9.99. The van der Waals surface area contributed by atoms with Crippen LogP contribution in [-0.2, 0) is 22.4 Å². The van der Waals surface area contributed by atoms with Crippen LogP contribution in [0.4, 0.5) is 5.82 Å². The summed E-state index contributed by atoms with van der Waals surface area (Å²) >= 11 is 6.10. The van der Waals surface area contributed by atoms with E-state index in [1.165, 1.54) is 0 Å². The fourth-order valence-electron chi connectivity index (χ4n) is 5.24. The first-order chi connectivity index (χ1) is 16.6. The number of anilines is 1. The van der Waals surface area contributed by atoms with Gasteiger partial charge in [0, 0.05) is 62.4 Å². The monoisotopic (exact) mass is 481 g/mol. The molecule has 3 heterocycles. The second-order valence-corrected chi connectivity index (χ2v) is 9.77. The van der Waals surface area contributed by atoms with Crippen molar-refractivity contribution in [2.75, 3.05) is 51.3 Å².